The number of nitrogens with one attached hydrogen (secondary N) is 2. The first-order valence-electron chi connectivity index (χ1n) is 11.5. The SMILES string of the molecule is Cc1ccnc(NS(=O)(=O)c2ccc(NC(=O)CN(c3ccc(Cl)cc3C)S(=O)(=O)c3ccccc3)cc2)n1. The van der Waals surface area contributed by atoms with E-state index < -0.39 is 32.5 Å². The number of hydrogen-bond donors (Lipinski definition) is 2. The monoisotopic (exact) mass is 585 g/mol. The molecule has 4 rings (SSSR count). The zero-order valence-corrected chi connectivity index (χ0v) is 23.3. The van der Waals surface area contributed by atoms with Gasteiger partial charge >= 0.3 is 0 Å². The molecule has 1 heterocycles. The molecule has 0 aliphatic carbocycles. The number of aromatic nitrogens is 2. The summed E-state index contributed by atoms with van der Waals surface area (Å²) < 4.78 is 55.7. The van der Waals surface area contributed by atoms with Gasteiger partial charge in [0.05, 0.1) is 15.5 Å². The summed E-state index contributed by atoms with van der Waals surface area (Å²) in [5, 5.41) is 3.05. The van der Waals surface area contributed by atoms with Crippen LogP contribution in [0, 0.1) is 13.8 Å². The Bertz CT molecular complexity index is 1720. The molecule has 1 aromatic heterocycles. The zero-order chi connectivity index (χ0) is 28.2. The number of hydrogen-bond acceptors (Lipinski definition) is 7. The number of rotatable bonds is 9. The summed E-state index contributed by atoms with van der Waals surface area (Å²) in [5.41, 5.74) is 1.73. The topological polar surface area (TPSA) is 138 Å². The predicted octanol–water partition coefficient (Wildman–Crippen LogP) is 4.38. The highest BCUT2D eigenvalue weighted by atomic mass is 35.5. The lowest BCUT2D eigenvalue weighted by Gasteiger charge is -2.25. The van der Waals surface area contributed by atoms with Gasteiger partial charge in [0.15, 0.2) is 0 Å². The molecule has 3 aromatic carbocycles. The van der Waals surface area contributed by atoms with E-state index in [1.807, 2.05) is 0 Å². The van der Waals surface area contributed by atoms with E-state index in [0.29, 0.717) is 22.0 Å². The fourth-order valence-corrected chi connectivity index (χ4v) is 6.33. The van der Waals surface area contributed by atoms with E-state index in [1.165, 1.54) is 48.7 Å². The molecular formula is C26H24ClN5O5S2. The summed E-state index contributed by atoms with van der Waals surface area (Å²) in [4.78, 5) is 20.9. The Morgan fingerprint density at radius 3 is 2.23 bits per heavy atom. The zero-order valence-electron chi connectivity index (χ0n) is 20.9. The minimum atomic E-state index is -4.11. The third kappa shape index (κ3) is 6.72. The molecule has 0 saturated heterocycles. The van der Waals surface area contributed by atoms with E-state index in [2.05, 4.69) is 20.0 Å². The third-order valence-electron chi connectivity index (χ3n) is 5.51. The van der Waals surface area contributed by atoms with Crippen molar-refractivity contribution in [3.8, 4) is 0 Å². The first-order chi connectivity index (χ1) is 18.5. The molecule has 39 heavy (non-hydrogen) atoms. The Hall–Kier alpha value is -4.00. The summed E-state index contributed by atoms with van der Waals surface area (Å²) in [6.07, 6.45) is 1.44. The molecule has 0 radical (unpaired) electrons. The quantitative estimate of drug-likeness (QED) is 0.297. The van der Waals surface area contributed by atoms with Crippen molar-refractivity contribution >= 4 is 54.9 Å². The van der Waals surface area contributed by atoms with E-state index in [1.54, 1.807) is 50.2 Å². The van der Waals surface area contributed by atoms with Crippen molar-refractivity contribution < 1.29 is 21.6 Å². The van der Waals surface area contributed by atoms with Gasteiger partial charge < -0.3 is 5.32 Å². The Balaban J connectivity index is 1.55. The number of carbonyl (C=O) groups is 1. The molecule has 0 aliphatic heterocycles. The fraction of sp³-hybridized carbons (Fsp3) is 0.115. The standard InChI is InChI=1S/C26H24ClN5O5S2/c1-18-16-20(27)8-13-24(18)32(39(36,37)23-6-4-3-5-7-23)17-25(33)30-21-9-11-22(12-10-21)38(34,35)31-26-28-15-14-19(2)29-26/h3-16H,17H2,1-2H3,(H,30,33)(H,28,29,31). The molecule has 0 fully saturated rings. The van der Waals surface area contributed by atoms with Gasteiger partial charge in [0.2, 0.25) is 11.9 Å². The smallest absolute Gasteiger partial charge is 0.264 e. The number of aryl methyl sites for hydroxylation is 2. The lowest BCUT2D eigenvalue weighted by Crippen LogP contribution is -2.38. The normalized spacial score (nSPS) is 11.6. The van der Waals surface area contributed by atoms with Gasteiger partial charge in [-0.05, 0) is 80.1 Å². The molecule has 0 spiro atoms. The van der Waals surface area contributed by atoms with Crippen molar-refractivity contribution in [2.45, 2.75) is 23.6 Å². The first-order valence-corrected chi connectivity index (χ1v) is 14.8. The number of carbonyl (C=O) groups excluding carboxylic acids is 1. The highest BCUT2D eigenvalue weighted by Gasteiger charge is 2.28. The van der Waals surface area contributed by atoms with Crippen molar-refractivity contribution in [3.05, 3.63) is 101 Å². The molecule has 1 amide bonds. The lowest BCUT2D eigenvalue weighted by atomic mass is 10.2. The number of nitrogens with zero attached hydrogens (tertiary/aromatic N) is 3. The summed E-state index contributed by atoms with van der Waals surface area (Å²) >= 11 is 6.06. The van der Waals surface area contributed by atoms with Crippen LogP contribution in [0.5, 0.6) is 0 Å². The second kappa shape index (κ2) is 11.4. The molecule has 10 nitrogen and oxygen atoms in total. The maximum absolute atomic E-state index is 13.5. The van der Waals surface area contributed by atoms with Gasteiger partial charge in [0.25, 0.3) is 20.0 Å². The van der Waals surface area contributed by atoms with Gasteiger partial charge in [-0.1, -0.05) is 29.8 Å². The van der Waals surface area contributed by atoms with Gasteiger partial charge in [-0.2, -0.15) is 0 Å². The Morgan fingerprint density at radius 1 is 0.897 bits per heavy atom. The number of anilines is 3. The molecule has 0 bridgehead atoms. The average Bonchev–Trinajstić information content (AvgIpc) is 2.88. The van der Waals surface area contributed by atoms with E-state index in [-0.39, 0.29) is 21.4 Å². The van der Waals surface area contributed by atoms with Gasteiger partial charge in [0, 0.05) is 22.6 Å². The van der Waals surface area contributed by atoms with Gasteiger partial charge in [-0.3, -0.25) is 9.10 Å². The van der Waals surface area contributed by atoms with Gasteiger partial charge in [0.1, 0.15) is 6.54 Å². The van der Waals surface area contributed by atoms with E-state index in [9.17, 15) is 21.6 Å². The lowest BCUT2D eigenvalue weighted by molar-refractivity contribution is -0.114. The van der Waals surface area contributed by atoms with Crippen LogP contribution in [0.15, 0.2) is 94.9 Å². The fourth-order valence-electron chi connectivity index (χ4n) is 3.64. The van der Waals surface area contributed by atoms with Gasteiger partial charge in [-0.25, -0.2) is 31.5 Å². The van der Waals surface area contributed by atoms with Crippen LogP contribution < -0.4 is 14.3 Å². The molecular weight excluding hydrogens is 562 g/mol. The van der Waals surface area contributed by atoms with E-state index >= 15 is 0 Å². The van der Waals surface area contributed by atoms with Crippen LogP contribution in [0.2, 0.25) is 5.02 Å². The Morgan fingerprint density at radius 2 is 1.59 bits per heavy atom. The van der Waals surface area contributed by atoms with Crippen molar-refractivity contribution in [2.75, 3.05) is 20.9 Å². The number of halogens is 1. The molecule has 13 heteroatoms. The van der Waals surface area contributed by atoms with Crippen LogP contribution >= 0.6 is 11.6 Å². The summed E-state index contributed by atoms with van der Waals surface area (Å²) in [5.74, 6) is -0.699. The summed E-state index contributed by atoms with van der Waals surface area (Å²) in [6.45, 7) is 2.87. The highest BCUT2D eigenvalue weighted by Crippen LogP contribution is 2.29. The van der Waals surface area contributed by atoms with Crippen molar-refractivity contribution in [3.63, 3.8) is 0 Å². The Labute approximate surface area is 231 Å². The van der Waals surface area contributed by atoms with Crippen LogP contribution in [0.25, 0.3) is 0 Å². The van der Waals surface area contributed by atoms with E-state index in [4.69, 9.17) is 11.6 Å². The molecule has 2 N–H and O–H groups in total. The van der Waals surface area contributed by atoms with Crippen LogP contribution in [-0.4, -0.2) is 39.3 Å². The van der Waals surface area contributed by atoms with Gasteiger partial charge in [-0.15, -0.1) is 0 Å². The summed E-state index contributed by atoms with van der Waals surface area (Å²) in [7, 11) is -8.08. The molecule has 0 saturated carbocycles. The minimum absolute atomic E-state index is 0.0202. The second-order valence-electron chi connectivity index (χ2n) is 8.46. The van der Waals surface area contributed by atoms with Crippen LogP contribution in [0.1, 0.15) is 11.3 Å². The molecule has 4 aromatic rings. The number of benzene rings is 3. The highest BCUT2D eigenvalue weighted by molar-refractivity contribution is 7.93. The number of sulfonamides is 2. The first kappa shape index (κ1) is 28.0. The van der Waals surface area contributed by atoms with Crippen molar-refractivity contribution in [1.29, 1.82) is 0 Å². The van der Waals surface area contributed by atoms with E-state index in [0.717, 1.165) is 4.31 Å². The maximum Gasteiger partial charge on any atom is 0.264 e. The van der Waals surface area contributed by atoms with Crippen molar-refractivity contribution in [1.82, 2.24) is 9.97 Å². The largest absolute Gasteiger partial charge is 0.325 e. The van der Waals surface area contributed by atoms with Crippen LogP contribution in [0.4, 0.5) is 17.3 Å². The van der Waals surface area contributed by atoms with Crippen LogP contribution in [0.3, 0.4) is 0 Å². The molecule has 0 aliphatic rings. The minimum Gasteiger partial charge on any atom is -0.325 e. The predicted molar refractivity (Wildman–Crippen MR) is 150 cm³/mol. The Kier molecular flexibility index (Phi) is 8.19. The molecule has 202 valence electrons. The summed E-state index contributed by atoms with van der Waals surface area (Å²) in [6, 6.07) is 19.5. The van der Waals surface area contributed by atoms with Crippen LogP contribution in [-0.2, 0) is 24.8 Å². The van der Waals surface area contributed by atoms with Crippen molar-refractivity contribution in [2.24, 2.45) is 0 Å². The second-order valence-corrected chi connectivity index (χ2v) is 12.4. The molecule has 0 unspecified atom stereocenters. The molecule has 0 atom stereocenters. The average molecular weight is 586 g/mol. The number of amides is 1. The maximum atomic E-state index is 13.5. The third-order valence-corrected chi connectivity index (χ3v) is 8.87.